The molecule has 2 N–H and O–H groups in total. The minimum absolute atomic E-state index is 0.117. The second kappa shape index (κ2) is 7.74. The third-order valence-electron chi connectivity index (χ3n) is 4.51. The third kappa shape index (κ3) is 3.42. The zero-order valence-corrected chi connectivity index (χ0v) is 15.3. The van der Waals surface area contributed by atoms with Crippen molar-refractivity contribution in [3.63, 3.8) is 0 Å². The molecule has 0 spiro atoms. The molecule has 1 unspecified atom stereocenters. The van der Waals surface area contributed by atoms with E-state index in [4.69, 9.17) is 16.9 Å². The van der Waals surface area contributed by atoms with Crippen molar-refractivity contribution in [2.75, 3.05) is 6.54 Å². The summed E-state index contributed by atoms with van der Waals surface area (Å²) >= 11 is 6.19. The number of H-pyrrole nitrogens is 1. The highest BCUT2D eigenvalue weighted by molar-refractivity contribution is 6.31. The van der Waals surface area contributed by atoms with Crippen molar-refractivity contribution in [1.82, 2.24) is 10.3 Å². The van der Waals surface area contributed by atoms with E-state index in [1.54, 1.807) is 0 Å². The van der Waals surface area contributed by atoms with E-state index in [0.29, 0.717) is 5.56 Å². The summed E-state index contributed by atoms with van der Waals surface area (Å²) in [5, 5.41) is 14.6. The van der Waals surface area contributed by atoms with Crippen LogP contribution in [0.3, 0.4) is 0 Å². The molecule has 4 rings (SSSR count). The quantitative estimate of drug-likeness (QED) is 0.621. The van der Waals surface area contributed by atoms with Crippen molar-refractivity contribution in [3.05, 3.63) is 69.9 Å². The smallest absolute Gasteiger partial charge is 0.0991 e. The number of rotatable bonds is 1. The van der Waals surface area contributed by atoms with Crippen LogP contribution in [0, 0.1) is 11.3 Å². The predicted octanol–water partition coefficient (Wildman–Crippen LogP) is 5.34. The molecule has 0 aliphatic carbocycles. The van der Waals surface area contributed by atoms with Gasteiger partial charge < -0.3 is 10.3 Å². The van der Waals surface area contributed by atoms with Gasteiger partial charge in [-0.05, 0) is 60.8 Å². The number of nitriles is 1. The van der Waals surface area contributed by atoms with Crippen molar-refractivity contribution < 1.29 is 0 Å². The maximum Gasteiger partial charge on any atom is 0.0991 e. The lowest BCUT2D eigenvalue weighted by molar-refractivity contribution is 0.601. The van der Waals surface area contributed by atoms with Crippen molar-refractivity contribution in [2.24, 2.45) is 0 Å². The van der Waals surface area contributed by atoms with E-state index < -0.39 is 0 Å². The van der Waals surface area contributed by atoms with Gasteiger partial charge in [-0.15, -0.1) is 0 Å². The van der Waals surface area contributed by atoms with Gasteiger partial charge in [0.25, 0.3) is 0 Å². The van der Waals surface area contributed by atoms with Crippen LogP contribution in [0.25, 0.3) is 10.9 Å². The first-order valence-electron chi connectivity index (χ1n) is 8.80. The highest BCUT2D eigenvalue weighted by Crippen LogP contribution is 2.34. The number of hydrogen-bond donors (Lipinski definition) is 2. The SMILES string of the molecule is CC.N#Cc1ccc(C2NCCCc3c2[nH]c2ccc(Cl)cc32)cc1. The van der Waals surface area contributed by atoms with Gasteiger partial charge in [0.1, 0.15) is 0 Å². The minimum atomic E-state index is 0.117. The van der Waals surface area contributed by atoms with Gasteiger partial charge in [0, 0.05) is 21.6 Å². The van der Waals surface area contributed by atoms with E-state index in [1.165, 1.54) is 22.2 Å². The summed E-state index contributed by atoms with van der Waals surface area (Å²) in [5.41, 5.74) is 5.55. The van der Waals surface area contributed by atoms with Gasteiger partial charge >= 0.3 is 0 Å². The summed E-state index contributed by atoms with van der Waals surface area (Å²) in [6.45, 7) is 4.97. The molecule has 1 aliphatic heterocycles. The maximum absolute atomic E-state index is 8.98. The fourth-order valence-electron chi connectivity index (χ4n) is 3.40. The Morgan fingerprint density at radius 2 is 1.88 bits per heavy atom. The molecular weight excluding hydrogens is 330 g/mol. The molecule has 4 heteroatoms. The Labute approximate surface area is 153 Å². The first-order chi connectivity index (χ1) is 12.3. The number of nitrogens with one attached hydrogen (secondary N) is 2. The van der Waals surface area contributed by atoms with Crippen LogP contribution in [0.2, 0.25) is 5.02 Å². The molecule has 0 fully saturated rings. The number of nitrogens with zero attached hydrogens (tertiary/aromatic N) is 1. The van der Waals surface area contributed by atoms with Gasteiger partial charge in [-0.3, -0.25) is 0 Å². The molecule has 1 aromatic heterocycles. The number of fused-ring (bicyclic) bond motifs is 3. The van der Waals surface area contributed by atoms with Gasteiger partial charge in [-0.2, -0.15) is 5.26 Å². The zero-order chi connectivity index (χ0) is 17.8. The summed E-state index contributed by atoms with van der Waals surface area (Å²) in [6, 6.07) is 16.1. The highest BCUT2D eigenvalue weighted by Gasteiger charge is 2.23. The predicted molar refractivity (Wildman–Crippen MR) is 104 cm³/mol. The third-order valence-corrected chi connectivity index (χ3v) is 4.75. The minimum Gasteiger partial charge on any atom is -0.357 e. The number of aryl methyl sites for hydroxylation is 1. The number of aromatic nitrogens is 1. The number of hydrogen-bond acceptors (Lipinski definition) is 2. The highest BCUT2D eigenvalue weighted by atomic mass is 35.5. The standard InChI is InChI=1S/C19H16ClN3.C2H6/c20-14-7-8-17-16(10-14)15-2-1-9-22-18(19(15)23-17)13-5-3-12(11-21)4-6-13;1-2/h3-8,10,18,22-23H,1-2,9H2;1-2H3. The fraction of sp³-hybridized carbons (Fsp3) is 0.286. The lowest BCUT2D eigenvalue weighted by Crippen LogP contribution is -2.22. The van der Waals surface area contributed by atoms with Crippen LogP contribution in [-0.2, 0) is 6.42 Å². The van der Waals surface area contributed by atoms with Gasteiger partial charge in [0.2, 0.25) is 0 Å². The van der Waals surface area contributed by atoms with E-state index in [-0.39, 0.29) is 6.04 Å². The molecule has 1 aliphatic rings. The Morgan fingerprint density at radius 1 is 1.12 bits per heavy atom. The summed E-state index contributed by atoms with van der Waals surface area (Å²) < 4.78 is 0. The molecule has 0 saturated carbocycles. The molecule has 1 atom stereocenters. The second-order valence-electron chi connectivity index (χ2n) is 5.93. The summed E-state index contributed by atoms with van der Waals surface area (Å²) in [6.07, 6.45) is 2.13. The van der Waals surface area contributed by atoms with E-state index in [9.17, 15) is 0 Å². The Kier molecular flexibility index (Phi) is 5.43. The molecule has 0 radical (unpaired) electrons. The Balaban J connectivity index is 0.000000880. The Bertz CT molecular complexity index is 903. The molecular formula is C21H22ClN3. The molecule has 0 saturated heterocycles. The molecule has 128 valence electrons. The van der Waals surface area contributed by atoms with Gasteiger partial charge in [-0.25, -0.2) is 0 Å². The summed E-state index contributed by atoms with van der Waals surface area (Å²) in [4.78, 5) is 3.57. The van der Waals surface area contributed by atoms with Crippen LogP contribution in [0.1, 0.15) is 48.7 Å². The monoisotopic (exact) mass is 351 g/mol. The Morgan fingerprint density at radius 3 is 2.60 bits per heavy atom. The van der Waals surface area contributed by atoms with E-state index >= 15 is 0 Å². The van der Waals surface area contributed by atoms with Crippen molar-refractivity contribution in [2.45, 2.75) is 32.7 Å². The molecule has 0 amide bonds. The molecule has 3 aromatic rings. The summed E-state index contributed by atoms with van der Waals surface area (Å²) in [5.74, 6) is 0. The molecule has 0 bridgehead atoms. The molecule has 2 heterocycles. The van der Waals surface area contributed by atoms with E-state index in [2.05, 4.69) is 16.4 Å². The maximum atomic E-state index is 8.98. The zero-order valence-electron chi connectivity index (χ0n) is 14.6. The second-order valence-corrected chi connectivity index (χ2v) is 6.37. The Hall–Kier alpha value is -2.28. The average Bonchev–Trinajstić information content (AvgIpc) is 2.87. The van der Waals surface area contributed by atoms with Gasteiger partial charge in [-0.1, -0.05) is 37.6 Å². The number of aromatic amines is 1. The van der Waals surface area contributed by atoms with Crippen molar-refractivity contribution >= 4 is 22.5 Å². The van der Waals surface area contributed by atoms with Crippen LogP contribution < -0.4 is 5.32 Å². The largest absolute Gasteiger partial charge is 0.357 e. The van der Waals surface area contributed by atoms with Crippen LogP contribution in [-0.4, -0.2) is 11.5 Å². The van der Waals surface area contributed by atoms with Crippen molar-refractivity contribution in [1.29, 1.82) is 5.26 Å². The lowest BCUT2D eigenvalue weighted by atomic mass is 9.98. The van der Waals surface area contributed by atoms with Crippen LogP contribution in [0.4, 0.5) is 0 Å². The topological polar surface area (TPSA) is 51.6 Å². The lowest BCUT2D eigenvalue weighted by Gasteiger charge is -2.17. The normalized spacial score (nSPS) is 16.3. The van der Waals surface area contributed by atoms with Gasteiger partial charge in [0.05, 0.1) is 17.7 Å². The van der Waals surface area contributed by atoms with E-state index in [1.807, 2.05) is 56.3 Å². The average molecular weight is 352 g/mol. The number of benzene rings is 2. The fourth-order valence-corrected chi connectivity index (χ4v) is 3.58. The van der Waals surface area contributed by atoms with Crippen LogP contribution >= 0.6 is 11.6 Å². The summed E-state index contributed by atoms with van der Waals surface area (Å²) in [7, 11) is 0. The van der Waals surface area contributed by atoms with E-state index in [0.717, 1.165) is 29.9 Å². The van der Waals surface area contributed by atoms with Crippen LogP contribution in [0.15, 0.2) is 42.5 Å². The first-order valence-corrected chi connectivity index (χ1v) is 9.17. The molecule has 3 nitrogen and oxygen atoms in total. The first kappa shape index (κ1) is 17.5. The van der Waals surface area contributed by atoms with Crippen molar-refractivity contribution in [3.8, 4) is 6.07 Å². The number of halogens is 1. The molecule has 2 aromatic carbocycles. The molecule has 25 heavy (non-hydrogen) atoms. The van der Waals surface area contributed by atoms with Crippen LogP contribution in [0.5, 0.6) is 0 Å². The van der Waals surface area contributed by atoms with Gasteiger partial charge in [0.15, 0.2) is 0 Å².